The van der Waals surface area contributed by atoms with E-state index in [1.54, 1.807) is 0 Å². The monoisotopic (exact) mass is 396 g/mol. The van der Waals surface area contributed by atoms with Crippen LogP contribution < -0.4 is 5.32 Å². The first-order chi connectivity index (χ1) is 13.6. The van der Waals surface area contributed by atoms with Crippen LogP contribution in [0.3, 0.4) is 0 Å². The van der Waals surface area contributed by atoms with Crippen molar-refractivity contribution in [2.24, 2.45) is 0 Å². The van der Waals surface area contributed by atoms with E-state index in [0.717, 1.165) is 41.3 Å². The lowest BCUT2D eigenvalue weighted by Crippen LogP contribution is -2.30. The molecule has 3 rings (SSSR count). The molecule has 0 bridgehead atoms. The zero-order valence-corrected chi connectivity index (χ0v) is 17.0. The third kappa shape index (κ3) is 4.83. The summed E-state index contributed by atoms with van der Waals surface area (Å²) in [6, 6.07) is 19.3. The number of amides is 1. The van der Waals surface area contributed by atoms with Crippen LogP contribution in [0.25, 0.3) is 11.3 Å². The Morgan fingerprint density at radius 2 is 1.68 bits per heavy atom. The lowest BCUT2D eigenvalue weighted by atomic mass is 10.1. The summed E-state index contributed by atoms with van der Waals surface area (Å²) >= 11 is 6.22. The molecule has 146 valence electrons. The highest BCUT2D eigenvalue weighted by Crippen LogP contribution is 2.28. The smallest absolute Gasteiger partial charge is 0.253 e. The average molecular weight is 397 g/mol. The van der Waals surface area contributed by atoms with E-state index < -0.39 is 0 Å². The summed E-state index contributed by atoms with van der Waals surface area (Å²) in [7, 11) is 0. The quantitative estimate of drug-likeness (QED) is 0.556. The van der Waals surface area contributed by atoms with E-state index in [1.807, 2.05) is 79.4 Å². The van der Waals surface area contributed by atoms with Gasteiger partial charge < -0.3 is 14.6 Å². The normalized spacial score (nSPS) is 10.8. The van der Waals surface area contributed by atoms with Gasteiger partial charge in [-0.3, -0.25) is 4.79 Å². The molecule has 1 amide bonds. The largest absolute Gasteiger partial charge is 0.460 e. The third-order valence-corrected chi connectivity index (χ3v) is 5.01. The molecule has 0 atom stereocenters. The van der Waals surface area contributed by atoms with Crippen LogP contribution >= 0.6 is 11.6 Å². The molecule has 1 N–H and O–H groups in total. The topological polar surface area (TPSA) is 45.5 Å². The van der Waals surface area contributed by atoms with E-state index in [9.17, 15) is 4.79 Å². The number of nitrogens with one attached hydrogen (secondary N) is 1. The first kappa shape index (κ1) is 20.2. The summed E-state index contributed by atoms with van der Waals surface area (Å²) in [4.78, 5) is 14.2. The van der Waals surface area contributed by atoms with Crippen molar-refractivity contribution in [1.82, 2.24) is 10.2 Å². The number of halogens is 1. The van der Waals surface area contributed by atoms with E-state index in [4.69, 9.17) is 16.0 Å². The van der Waals surface area contributed by atoms with Gasteiger partial charge >= 0.3 is 0 Å². The van der Waals surface area contributed by atoms with Gasteiger partial charge in [-0.15, -0.1) is 0 Å². The molecule has 0 aliphatic heterocycles. The van der Waals surface area contributed by atoms with Crippen LogP contribution in [-0.4, -0.2) is 23.9 Å². The summed E-state index contributed by atoms with van der Waals surface area (Å²) in [5, 5.41) is 4.05. The fourth-order valence-electron chi connectivity index (χ4n) is 3.07. The predicted molar refractivity (Wildman–Crippen MR) is 113 cm³/mol. The van der Waals surface area contributed by atoms with Crippen LogP contribution in [0.2, 0.25) is 5.02 Å². The van der Waals surface area contributed by atoms with Crippen molar-refractivity contribution < 1.29 is 9.21 Å². The van der Waals surface area contributed by atoms with E-state index in [-0.39, 0.29) is 5.91 Å². The van der Waals surface area contributed by atoms with Gasteiger partial charge in [0.15, 0.2) is 0 Å². The minimum absolute atomic E-state index is 0.0761. The fourth-order valence-corrected chi connectivity index (χ4v) is 3.30. The maximum Gasteiger partial charge on any atom is 0.253 e. The second kappa shape index (κ2) is 9.58. The van der Waals surface area contributed by atoms with E-state index >= 15 is 0 Å². The summed E-state index contributed by atoms with van der Waals surface area (Å²) in [5.74, 6) is 1.69. The van der Waals surface area contributed by atoms with Crippen molar-refractivity contribution in [1.29, 1.82) is 0 Å². The molecule has 0 saturated carbocycles. The van der Waals surface area contributed by atoms with Gasteiger partial charge in [-0.1, -0.05) is 35.9 Å². The number of carbonyl (C=O) groups excluding carboxylic acids is 1. The molecule has 0 unspecified atom stereocenters. The maximum atomic E-state index is 12.3. The first-order valence-corrected chi connectivity index (χ1v) is 9.92. The van der Waals surface area contributed by atoms with Crippen molar-refractivity contribution in [3.63, 3.8) is 0 Å². The Balaban J connectivity index is 1.54. The molecular formula is C23H25ClN2O2. The highest BCUT2D eigenvalue weighted by Gasteiger charge is 2.12. The Kier molecular flexibility index (Phi) is 6.90. The van der Waals surface area contributed by atoms with Gasteiger partial charge in [0.25, 0.3) is 5.91 Å². The highest BCUT2D eigenvalue weighted by atomic mass is 35.5. The van der Waals surface area contributed by atoms with Gasteiger partial charge in [0, 0.05) is 30.8 Å². The van der Waals surface area contributed by atoms with Crippen LogP contribution in [-0.2, 0) is 13.1 Å². The van der Waals surface area contributed by atoms with Gasteiger partial charge in [-0.25, -0.2) is 0 Å². The molecule has 5 heteroatoms. The van der Waals surface area contributed by atoms with Crippen LogP contribution in [0.5, 0.6) is 0 Å². The van der Waals surface area contributed by atoms with E-state index in [2.05, 4.69) is 5.32 Å². The van der Waals surface area contributed by atoms with Gasteiger partial charge in [-0.2, -0.15) is 0 Å². The zero-order valence-electron chi connectivity index (χ0n) is 16.2. The summed E-state index contributed by atoms with van der Waals surface area (Å²) in [5.41, 5.74) is 2.74. The minimum Gasteiger partial charge on any atom is -0.460 e. The lowest BCUT2D eigenvalue weighted by Gasteiger charge is -2.18. The van der Waals surface area contributed by atoms with E-state index in [0.29, 0.717) is 18.1 Å². The standard InChI is InChI=1S/C23H25ClN2O2/c1-3-26(4-2)23(27)18-11-9-17(10-12-18)15-25-16-19-13-14-22(28-19)20-7-5-6-8-21(20)24/h5-14,25H,3-4,15-16H2,1-2H3. The Morgan fingerprint density at radius 1 is 0.964 bits per heavy atom. The van der Waals surface area contributed by atoms with Gasteiger partial charge in [0.05, 0.1) is 11.6 Å². The minimum atomic E-state index is 0.0761. The molecule has 1 aromatic heterocycles. The Bertz CT molecular complexity index is 914. The van der Waals surface area contributed by atoms with Crippen LogP contribution in [0.4, 0.5) is 0 Å². The second-order valence-electron chi connectivity index (χ2n) is 6.52. The molecular weight excluding hydrogens is 372 g/mol. The average Bonchev–Trinajstić information content (AvgIpc) is 3.18. The number of rotatable bonds is 8. The van der Waals surface area contributed by atoms with Crippen molar-refractivity contribution in [2.75, 3.05) is 13.1 Å². The molecule has 4 nitrogen and oxygen atoms in total. The molecule has 0 spiro atoms. The van der Waals surface area contributed by atoms with Crippen molar-refractivity contribution in [2.45, 2.75) is 26.9 Å². The number of carbonyl (C=O) groups is 1. The maximum absolute atomic E-state index is 12.3. The van der Waals surface area contributed by atoms with Crippen molar-refractivity contribution in [3.8, 4) is 11.3 Å². The number of benzene rings is 2. The molecule has 0 aliphatic rings. The molecule has 0 radical (unpaired) electrons. The zero-order chi connectivity index (χ0) is 19.9. The van der Waals surface area contributed by atoms with Crippen molar-refractivity contribution >= 4 is 17.5 Å². The van der Waals surface area contributed by atoms with Crippen LogP contribution in [0.1, 0.15) is 35.5 Å². The molecule has 28 heavy (non-hydrogen) atoms. The number of hydrogen-bond acceptors (Lipinski definition) is 3. The van der Waals surface area contributed by atoms with Gasteiger partial charge in [0.2, 0.25) is 0 Å². The van der Waals surface area contributed by atoms with Crippen LogP contribution in [0, 0.1) is 0 Å². The lowest BCUT2D eigenvalue weighted by molar-refractivity contribution is 0.0773. The Hall–Kier alpha value is -2.56. The summed E-state index contributed by atoms with van der Waals surface area (Å²) < 4.78 is 5.89. The highest BCUT2D eigenvalue weighted by molar-refractivity contribution is 6.33. The Morgan fingerprint density at radius 3 is 2.36 bits per heavy atom. The molecule has 1 heterocycles. The first-order valence-electron chi connectivity index (χ1n) is 9.55. The number of furan rings is 1. The molecule has 0 fully saturated rings. The third-order valence-electron chi connectivity index (χ3n) is 4.68. The Labute approximate surface area is 171 Å². The molecule has 3 aromatic rings. The number of hydrogen-bond donors (Lipinski definition) is 1. The summed E-state index contributed by atoms with van der Waals surface area (Å²) in [6.45, 7) is 6.74. The summed E-state index contributed by atoms with van der Waals surface area (Å²) in [6.07, 6.45) is 0. The van der Waals surface area contributed by atoms with Crippen molar-refractivity contribution in [3.05, 3.63) is 82.6 Å². The fraction of sp³-hybridized carbons (Fsp3) is 0.261. The van der Waals surface area contributed by atoms with E-state index in [1.165, 1.54) is 0 Å². The van der Waals surface area contributed by atoms with Gasteiger partial charge in [-0.05, 0) is 55.8 Å². The van der Waals surface area contributed by atoms with Crippen LogP contribution in [0.15, 0.2) is 65.1 Å². The second-order valence-corrected chi connectivity index (χ2v) is 6.93. The molecule has 0 saturated heterocycles. The van der Waals surface area contributed by atoms with Gasteiger partial charge in [0.1, 0.15) is 11.5 Å². The predicted octanol–water partition coefficient (Wildman–Crippen LogP) is 5.37. The molecule has 0 aliphatic carbocycles. The molecule has 2 aromatic carbocycles. The number of nitrogens with zero attached hydrogens (tertiary/aromatic N) is 1. The SMILES string of the molecule is CCN(CC)C(=O)c1ccc(CNCc2ccc(-c3ccccc3Cl)o2)cc1.